The maximum Gasteiger partial charge on any atom is 0.0772 e. The molecule has 0 aliphatic rings. The number of rotatable bonds is 5. The largest absolute Gasteiger partial charge is 0.389 e. The molecule has 1 aromatic heterocycles. The number of hydrogen-bond donors (Lipinski definition) is 1. The van der Waals surface area contributed by atoms with Crippen molar-refractivity contribution in [1.82, 2.24) is 0 Å². The van der Waals surface area contributed by atoms with Crippen LogP contribution in [0.4, 0.5) is 5.69 Å². The van der Waals surface area contributed by atoms with Crippen molar-refractivity contribution in [3.63, 3.8) is 0 Å². The molecule has 102 valence electrons. The maximum atomic E-state index is 9.62. The van der Waals surface area contributed by atoms with E-state index in [4.69, 9.17) is 0 Å². The van der Waals surface area contributed by atoms with Crippen LogP contribution in [0.2, 0.25) is 0 Å². The Kier molecular flexibility index (Phi) is 5.02. The van der Waals surface area contributed by atoms with Crippen molar-refractivity contribution in [2.75, 3.05) is 18.5 Å². The van der Waals surface area contributed by atoms with Crippen molar-refractivity contribution >= 4 is 33.0 Å². The molecular formula is C15H18BrNOS. The molecule has 0 aliphatic heterocycles. The van der Waals surface area contributed by atoms with Crippen molar-refractivity contribution in [2.24, 2.45) is 0 Å². The van der Waals surface area contributed by atoms with E-state index in [1.54, 1.807) is 18.3 Å². The summed E-state index contributed by atoms with van der Waals surface area (Å²) in [5.41, 5.74) is 2.09. The van der Waals surface area contributed by atoms with Crippen LogP contribution in [0.5, 0.6) is 0 Å². The van der Waals surface area contributed by atoms with Gasteiger partial charge in [-0.1, -0.05) is 28.1 Å². The number of halogens is 1. The third kappa shape index (κ3) is 3.81. The molecule has 2 nitrogen and oxygen atoms in total. The molecule has 1 unspecified atom stereocenters. The monoisotopic (exact) mass is 339 g/mol. The SMILES string of the molecule is CC(O)c1ccc(N(C)CCc2cccs2)cc1Br. The minimum atomic E-state index is -0.445. The summed E-state index contributed by atoms with van der Waals surface area (Å²) in [6.07, 6.45) is 0.615. The van der Waals surface area contributed by atoms with Gasteiger partial charge < -0.3 is 10.0 Å². The Hall–Kier alpha value is -0.840. The molecule has 1 N–H and O–H groups in total. The Morgan fingerprint density at radius 1 is 1.37 bits per heavy atom. The third-order valence-electron chi connectivity index (χ3n) is 3.15. The molecule has 0 aliphatic carbocycles. The van der Waals surface area contributed by atoms with E-state index in [9.17, 15) is 5.11 Å². The quantitative estimate of drug-likeness (QED) is 0.880. The van der Waals surface area contributed by atoms with Gasteiger partial charge in [0.2, 0.25) is 0 Å². The summed E-state index contributed by atoms with van der Waals surface area (Å²) in [4.78, 5) is 3.64. The van der Waals surface area contributed by atoms with Gasteiger partial charge in [0.1, 0.15) is 0 Å². The van der Waals surface area contributed by atoms with Crippen LogP contribution in [0.1, 0.15) is 23.5 Å². The van der Waals surface area contributed by atoms with Crippen LogP contribution in [-0.2, 0) is 6.42 Å². The van der Waals surface area contributed by atoms with Crippen molar-refractivity contribution in [3.05, 3.63) is 50.6 Å². The highest BCUT2D eigenvalue weighted by molar-refractivity contribution is 9.10. The van der Waals surface area contributed by atoms with Gasteiger partial charge in [0.05, 0.1) is 6.10 Å². The zero-order valence-electron chi connectivity index (χ0n) is 11.1. The molecule has 1 atom stereocenters. The van der Waals surface area contributed by atoms with E-state index in [1.807, 2.05) is 6.07 Å². The van der Waals surface area contributed by atoms with Crippen molar-refractivity contribution < 1.29 is 5.11 Å². The maximum absolute atomic E-state index is 9.62. The fourth-order valence-corrected chi connectivity index (χ4v) is 3.35. The topological polar surface area (TPSA) is 23.5 Å². The van der Waals surface area contributed by atoms with Gasteiger partial charge in [-0.3, -0.25) is 0 Å². The first-order chi connectivity index (χ1) is 9.08. The van der Waals surface area contributed by atoms with E-state index in [0.717, 1.165) is 28.7 Å². The van der Waals surface area contributed by atoms with E-state index in [0.29, 0.717) is 0 Å². The van der Waals surface area contributed by atoms with E-state index < -0.39 is 6.10 Å². The fourth-order valence-electron chi connectivity index (χ4n) is 1.95. The second-order valence-corrected chi connectivity index (χ2v) is 6.52. The van der Waals surface area contributed by atoms with E-state index in [-0.39, 0.29) is 0 Å². The van der Waals surface area contributed by atoms with Gasteiger partial charge in [-0.2, -0.15) is 0 Å². The van der Waals surface area contributed by atoms with Crippen LogP contribution in [0.15, 0.2) is 40.2 Å². The van der Waals surface area contributed by atoms with E-state index >= 15 is 0 Å². The first kappa shape index (κ1) is 14.6. The zero-order valence-corrected chi connectivity index (χ0v) is 13.5. The van der Waals surface area contributed by atoms with E-state index in [1.165, 1.54) is 4.88 Å². The Balaban J connectivity index is 2.03. The second-order valence-electron chi connectivity index (χ2n) is 4.63. The van der Waals surface area contributed by atoms with Crippen molar-refractivity contribution in [2.45, 2.75) is 19.4 Å². The average Bonchev–Trinajstić information content (AvgIpc) is 2.88. The highest BCUT2D eigenvalue weighted by atomic mass is 79.9. The molecule has 4 heteroatoms. The summed E-state index contributed by atoms with van der Waals surface area (Å²) in [5.74, 6) is 0. The Morgan fingerprint density at radius 2 is 2.16 bits per heavy atom. The summed E-state index contributed by atoms with van der Waals surface area (Å²) in [5, 5.41) is 11.7. The van der Waals surface area contributed by atoms with Crippen molar-refractivity contribution in [1.29, 1.82) is 0 Å². The third-order valence-corrected chi connectivity index (χ3v) is 4.77. The summed E-state index contributed by atoms with van der Waals surface area (Å²) < 4.78 is 0.961. The molecule has 0 spiro atoms. The van der Waals surface area contributed by atoms with Gasteiger partial charge in [0.15, 0.2) is 0 Å². The highest BCUT2D eigenvalue weighted by Crippen LogP contribution is 2.28. The highest BCUT2D eigenvalue weighted by Gasteiger charge is 2.09. The Labute approximate surface area is 126 Å². The van der Waals surface area contributed by atoms with Crippen LogP contribution in [0.3, 0.4) is 0 Å². The number of benzene rings is 1. The summed E-state index contributed by atoms with van der Waals surface area (Å²) in [6.45, 7) is 2.77. The first-order valence-corrected chi connectivity index (χ1v) is 7.96. The predicted octanol–water partition coefficient (Wildman–Crippen LogP) is 4.24. The molecular weight excluding hydrogens is 322 g/mol. The van der Waals surface area contributed by atoms with Crippen molar-refractivity contribution in [3.8, 4) is 0 Å². The van der Waals surface area contributed by atoms with Gasteiger partial charge in [0.25, 0.3) is 0 Å². The molecule has 1 aromatic carbocycles. The second kappa shape index (κ2) is 6.55. The lowest BCUT2D eigenvalue weighted by molar-refractivity contribution is 0.198. The van der Waals surface area contributed by atoms with Crippen LogP contribution in [0.25, 0.3) is 0 Å². The average molecular weight is 340 g/mol. The lowest BCUT2D eigenvalue weighted by atomic mass is 10.1. The zero-order chi connectivity index (χ0) is 13.8. The molecule has 1 heterocycles. The summed E-state index contributed by atoms with van der Waals surface area (Å²) in [6, 6.07) is 10.4. The first-order valence-electron chi connectivity index (χ1n) is 6.29. The number of anilines is 1. The minimum Gasteiger partial charge on any atom is -0.389 e. The smallest absolute Gasteiger partial charge is 0.0772 e. The normalized spacial score (nSPS) is 12.4. The van der Waals surface area contributed by atoms with Crippen LogP contribution < -0.4 is 4.90 Å². The van der Waals surface area contributed by atoms with Crippen LogP contribution in [0, 0.1) is 0 Å². The molecule has 2 rings (SSSR count). The molecule has 0 saturated heterocycles. The number of hydrogen-bond acceptors (Lipinski definition) is 3. The number of thiophene rings is 1. The summed E-state index contributed by atoms with van der Waals surface area (Å²) in [7, 11) is 2.09. The molecule has 0 fully saturated rings. The predicted molar refractivity (Wildman–Crippen MR) is 86.1 cm³/mol. The van der Waals surface area contributed by atoms with E-state index in [2.05, 4.69) is 57.5 Å². The molecule has 19 heavy (non-hydrogen) atoms. The molecule has 0 saturated carbocycles. The van der Waals surface area contributed by atoms with Gasteiger partial charge in [-0.25, -0.2) is 0 Å². The van der Waals surface area contributed by atoms with Crippen LogP contribution in [-0.4, -0.2) is 18.7 Å². The van der Waals surface area contributed by atoms with Gasteiger partial charge in [0, 0.05) is 28.6 Å². The lowest BCUT2D eigenvalue weighted by Crippen LogP contribution is -2.20. The Morgan fingerprint density at radius 3 is 2.74 bits per heavy atom. The summed E-state index contributed by atoms with van der Waals surface area (Å²) >= 11 is 5.32. The number of likely N-dealkylation sites (N-methyl/N-ethyl adjacent to an activating group) is 1. The van der Waals surface area contributed by atoms with Gasteiger partial charge in [-0.15, -0.1) is 11.3 Å². The minimum absolute atomic E-state index is 0.445. The van der Waals surface area contributed by atoms with Crippen LogP contribution >= 0.6 is 27.3 Å². The number of aliphatic hydroxyl groups is 1. The van der Waals surface area contributed by atoms with Gasteiger partial charge in [-0.05, 0) is 42.5 Å². The fraction of sp³-hybridized carbons (Fsp3) is 0.333. The Bertz CT molecular complexity index is 525. The van der Waals surface area contributed by atoms with Gasteiger partial charge >= 0.3 is 0 Å². The standard InChI is InChI=1S/C15H18BrNOS/c1-11(18)14-6-5-12(10-15(14)16)17(2)8-7-13-4-3-9-19-13/h3-6,9-11,18H,7-8H2,1-2H3. The number of nitrogens with zero attached hydrogens (tertiary/aromatic N) is 1. The molecule has 0 bridgehead atoms. The molecule has 2 aromatic rings. The molecule has 0 radical (unpaired) electrons. The number of aliphatic hydroxyl groups excluding tert-OH is 1. The lowest BCUT2D eigenvalue weighted by Gasteiger charge is -2.20. The molecule has 0 amide bonds.